The standard InChI is InChI=1S/C14H16FN3O2S2/c1-9-14(18(2)12(19)4-5-22(3)20)21-13(17-9)10-6-11(15)8-16-7-10/h6-8H,4-5H2,1-3H3. The number of carbonyl (C=O) groups excluding carboxylic acids is 1. The maximum absolute atomic E-state index is 13.2. The monoisotopic (exact) mass is 341 g/mol. The third-order valence-electron chi connectivity index (χ3n) is 3.01. The first-order valence-electron chi connectivity index (χ1n) is 6.53. The Morgan fingerprint density at radius 3 is 2.86 bits per heavy atom. The quantitative estimate of drug-likeness (QED) is 0.783. The fourth-order valence-electron chi connectivity index (χ4n) is 1.86. The van der Waals surface area contributed by atoms with Crippen LogP contribution in [0.1, 0.15) is 12.1 Å². The fourth-order valence-corrected chi connectivity index (χ4v) is 3.35. The van der Waals surface area contributed by atoms with E-state index in [4.69, 9.17) is 0 Å². The van der Waals surface area contributed by atoms with Gasteiger partial charge >= 0.3 is 0 Å². The molecule has 0 aromatic carbocycles. The first kappa shape index (κ1) is 16.9. The van der Waals surface area contributed by atoms with Crippen molar-refractivity contribution >= 4 is 33.4 Å². The molecule has 2 aromatic heterocycles. The lowest BCUT2D eigenvalue weighted by Gasteiger charge is -2.15. The highest BCUT2D eigenvalue weighted by Crippen LogP contribution is 2.34. The number of aryl methyl sites for hydroxylation is 1. The summed E-state index contributed by atoms with van der Waals surface area (Å²) in [5.41, 5.74) is 1.27. The van der Waals surface area contributed by atoms with Crippen LogP contribution in [-0.2, 0) is 16.0 Å². The van der Waals surface area contributed by atoms with Crippen LogP contribution in [0, 0.1) is 12.7 Å². The molecular weight excluding hydrogens is 325 g/mol. The second-order valence-electron chi connectivity index (χ2n) is 4.78. The van der Waals surface area contributed by atoms with Crippen molar-refractivity contribution in [2.75, 3.05) is 24.0 Å². The van der Waals surface area contributed by atoms with Gasteiger partial charge in [-0.3, -0.25) is 9.78 Å². The second-order valence-corrected chi connectivity index (χ2v) is 7.31. The van der Waals surface area contributed by atoms with E-state index in [-0.39, 0.29) is 12.3 Å². The fraction of sp³-hybridized carbons (Fsp3) is 0.357. The Morgan fingerprint density at radius 1 is 1.50 bits per heavy atom. The van der Waals surface area contributed by atoms with Gasteiger partial charge < -0.3 is 9.45 Å². The summed E-state index contributed by atoms with van der Waals surface area (Å²) >= 11 is 0.302. The van der Waals surface area contributed by atoms with E-state index in [1.165, 1.54) is 28.5 Å². The molecule has 22 heavy (non-hydrogen) atoms. The molecule has 1 unspecified atom stereocenters. The predicted octanol–water partition coefficient (Wildman–Crippen LogP) is 2.38. The normalized spacial score (nSPS) is 12.2. The van der Waals surface area contributed by atoms with Crippen LogP contribution in [0.15, 0.2) is 18.5 Å². The van der Waals surface area contributed by atoms with Crippen LogP contribution in [0.5, 0.6) is 0 Å². The number of anilines is 1. The summed E-state index contributed by atoms with van der Waals surface area (Å²) in [7, 11) is 1.66. The van der Waals surface area contributed by atoms with Crippen LogP contribution in [0.3, 0.4) is 0 Å². The van der Waals surface area contributed by atoms with E-state index in [1.807, 2.05) is 0 Å². The number of hydrogen-bond acceptors (Lipinski definition) is 5. The van der Waals surface area contributed by atoms with Crippen molar-refractivity contribution in [3.05, 3.63) is 30.0 Å². The summed E-state index contributed by atoms with van der Waals surface area (Å²) in [5.74, 6) is -0.213. The Hall–Kier alpha value is -1.51. The minimum atomic E-state index is -1.00. The summed E-state index contributed by atoms with van der Waals surface area (Å²) in [6, 6.07) is 1.36. The molecule has 118 valence electrons. The van der Waals surface area contributed by atoms with E-state index in [1.54, 1.807) is 20.2 Å². The van der Waals surface area contributed by atoms with Gasteiger partial charge in [0.15, 0.2) is 0 Å². The number of rotatable bonds is 5. The van der Waals surface area contributed by atoms with E-state index >= 15 is 0 Å². The maximum atomic E-state index is 13.2. The van der Waals surface area contributed by atoms with E-state index in [0.29, 0.717) is 27.0 Å². The predicted molar refractivity (Wildman–Crippen MR) is 87.0 cm³/mol. The zero-order valence-electron chi connectivity index (χ0n) is 12.5. The van der Waals surface area contributed by atoms with Gasteiger partial charge in [0.2, 0.25) is 5.91 Å². The second kappa shape index (κ2) is 7.17. The van der Waals surface area contributed by atoms with Crippen molar-refractivity contribution in [1.82, 2.24) is 9.97 Å². The summed E-state index contributed by atoms with van der Waals surface area (Å²) < 4.78 is 24.3. The van der Waals surface area contributed by atoms with Crippen molar-refractivity contribution in [1.29, 1.82) is 0 Å². The third kappa shape index (κ3) is 4.02. The van der Waals surface area contributed by atoms with E-state index in [2.05, 4.69) is 9.97 Å². The van der Waals surface area contributed by atoms with Crippen molar-refractivity contribution < 1.29 is 13.7 Å². The Balaban J connectivity index is 2.20. The third-order valence-corrected chi connectivity index (χ3v) is 5.07. The number of amides is 1. The molecule has 0 saturated carbocycles. The molecule has 2 rings (SSSR count). The molecule has 2 heterocycles. The Bertz CT molecular complexity index is 676. The molecule has 0 aliphatic rings. The van der Waals surface area contributed by atoms with Crippen molar-refractivity contribution in [3.63, 3.8) is 0 Å². The van der Waals surface area contributed by atoms with Crippen LogP contribution in [0.25, 0.3) is 10.6 Å². The van der Waals surface area contributed by atoms with Gasteiger partial charge in [-0.15, -0.1) is 0 Å². The molecule has 1 amide bonds. The summed E-state index contributed by atoms with van der Waals surface area (Å²) in [5, 5.41) is 1.31. The van der Waals surface area contributed by atoms with Crippen LogP contribution in [-0.4, -0.2) is 39.5 Å². The summed E-state index contributed by atoms with van der Waals surface area (Å²) in [6.45, 7) is 1.80. The molecule has 0 spiro atoms. The molecule has 1 atom stereocenters. The average Bonchev–Trinajstić information content (AvgIpc) is 2.86. The highest BCUT2D eigenvalue weighted by Gasteiger charge is 2.19. The zero-order chi connectivity index (χ0) is 16.3. The van der Waals surface area contributed by atoms with Crippen molar-refractivity contribution in [2.24, 2.45) is 0 Å². The molecular formula is C14H16FN3O2S2. The Labute approximate surface area is 135 Å². The molecule has 8 heteroatoms. The van der Waals surface area contributed by atoms with Crippen LogP contribution < -0.4 is 4.90 Å². The SMILES string of the molecule is Cc1nc(-c2cncc(F)c2)sc1N(C)C(=O)CC[S+](C)[O-]. The smallest absolute Gasteiger partial charge is 0.232 e. The van der Waals surface area contributed by atoms with Crippen LogP contribution in [0.4, 0.5) is 9.39 Å². The van der Waals surface area contributed by atoms with Gasteiger partial charge in [-0.1, -0.05) is 22.5 Å². The van der Waals surface area contributed by atoms with Crippen molar-refractivity contribution in [3.8, 4) is 10.6 Å². The molecule has 0 radical (unpaired) electrons. The van der Waals surface area contributed by atoms with Gasteiger partial charge in [0.05, 0.1) is 24.6 Å². The Morgan fingerprint density at radius 2 is 2.23 bits per heavy atom. The van der Waals surface area contributed by atoms with Gasteiger partial charge in [-0.25, -0.2) is 9.37 Å². The topological polar surface area (TPSA) is 69.2 Å². The number of pyridine rings is 1. The van der Waals surface area contributed by atoms with Crippen LogP contribution >= 0.6 is 11.3 Å². The minimum Gasteiger partial charge on any atom is -0.617 e. The lowest BCUT2D eigenvalue weighted by molar-refractivity contribution is -0.117. The first-order valence-corrected chi connectivity index (χ1v) is 9.07. The zero-order valence-corrected chi connectivity index (χ0v) is 14.1. The Kier molecular flexibility index (Phi) is 5.49. The minimum absolute atomic E-state index is 0.120. The number of halogens is 1. The molecule has 0 N–H and O–H groups in total. The summed E-state index contributed by atoms with van der Waals surface area (Å²) in [6.07, 6.45) is 4.45. The molecule has 0 aliphatic carbocycles. The maximum Gasteiger partial charge on any atom is 0.232 e. The van der Waals surface area contributed by atoms with E-state index in [0.717, 1.165) is 6.20 Å². The van der Waals surface area contributed by atoms with E-state index in [9.17, 15) is 13.7 Å². The average molecular weight is 341 g/mol. The largest absolute Gasteiger partial charge is 0.617 e. The van der Waals surface area contributed by atoms with Gasteiger partial charge in [-0.2, -0.15) is 0 Å². The van der Waals surface area contributed by atoms with Gasteiger partial charge in [0.1, 0.15) is 21.6 Å². The molecule has 0 fully saturated rings. The summed E-state index contributed by atoms with van der Waals surface area (Å²) in [4.78, 5) is 21.8. The first-order chi connectivity index (χ1) is 10.4. The van der Waals surface area contributed by atoms with Gasteiger partial charge in [0.25, 0.3) is 0 Å². The number of hydrogen-bond donors (Lipinski definition) is 0. The van der Waals surface area contributed by atoms with E-state index < -0.39 is 17.0 Å². The van der Waals surface area contributed by atoms with Gasteiger partial charge in [-0.05, 0) is 13.0 Å². The highest BCUT2D eigenvalue weighted by atomic mass is 32.2. The molecule has 0 bridgehead atoms. The molecule has 0 saturated heterocycles. The van der Waals surface area contributed by atoms with Crippen molar-refractivity contribution in [2.45, 2.75) is 13.3 Å². The number of nitrogens with zero attached hydrogens (tertiary/aromatic N) is 3. The molecule has 2 aromatic rings. The number of carbonyl (C=O) groups is 1. The lowest BCUT2D eigenvalue weighted by Crippen LogP contribution is -2.27. The number of thiazole rings is 1. The highest BCUT2D eigenvalue weighted by molar-refractivity contribution is 7.90. The molecule has 0 aliphatic heterocycles. The van der Waals surface area contributed by atoms with Gasteiger partial charge in [0, 0.05) is 18.8 Å². The number of aromatic nitrogens is 2. The molecule has 5 nitrogen and oxygen atoms in total. The lowest BCUT2D eigenvalue weighted by atomic mass is 10.3. The van der Waals surface area contributed by atoms with Crippen LogP contribution in [0.2, 0.25) is 0 Å².